The monoisotopic (exact) mass is 524 g/mol. The normalized spacial score (nSPS) is 53.8. The number of hydrogen-bond donors (Lipinski definition) is 2. The van der Waals surface area contributed by atoms with Crippen LogP contribution >= 0.6 is 0 Å². The van der Waals surface area contributed by atoms with E-state index < -0.39 is 0 Å². The first-order valence-electron chi connectivity index (χ1n) is 17.4. The number of nitrogens with one attached hydrogen (secondary N) is 2. The lowest BCUT2D eigenvalue weighted by molar-refractivity contribution is -0.0223. The van der Waals surface area contributed by atoms with E-state index in [1.54, 1.807) is 18.4 Å². The third-order valence-corrected chi connectivity index (χ3v) is 14.9. The molecule has 1 aromatic carbocycles. The molecule has 0 aromatic heterocycles. The molecule has 0 spiro atoms. The van der Waals surface area contributed by atoms with Crippen molar-refractivity contribution >= 4 is 6.71 Å². The van der Waals surface area contributed by atoms with Crippen LogP contribution in [0.2, 0.25) is 17.5 Å². The lowest BCUT2D eigenvalue weighted by atomic mass is 9.18. The highest BCUT2D eigenvalue weighted by atomic mass is 15.3. The van der Waals surface area contributed by atoms with E-state index in [0.29, 0.717) is 0 Å². The Morgan fingerprint density at radius 3 is 1.74 bits per heavy atom. The topological polar surface area (TPSA) is 30.5 Å². The Morgan fingerprint density at radius 2 is 1.18 bits per heavy atom. The Balaban J connectivity index is 1.14. The third-order valence-electron chi connectivity index (χ3n) is 14.9. The Labute approximate surface area is 236 Å². The molecular weight excluding hydrogens is 475 g/mol. The predicted molar refractivity (Wildman–Crippen MR) is 158 cm³/mol. The van der Waals surface area contributed by atoms with Crippen molar-refractivity contribution in [1.82, 2.24) is 20.4 Å². The molecule has 6 heterocycles. The molecule has 5 heteroatoms. The summed E-state index contributed by atoms with van der Waals surface area (Å²) in [6.45, 7) is 6.10. The van der Waals surface area contributed by atoms with Gasteiger partial charge in [0.1, 0.15) is 0 Å². The fraction of sp³-hybridized carbons (Fsp3) is 0.824. The summed E-state index contributed by atoms with van der Waals surface area (Å²) in [5.74, 6) is 7.60. The van der Waals surface area contributed by atoms with Crippen LogP contribution in [0.1, 0.15) is 75.7 Å². The highest BCUT2D eigenvalue weighted by Gasteiger charge is 2.71. The summed E-state index contributed by atoms with van der Waals surface area (Å²) in [7, 11) is 0. The van der Waals surface area contributed by atoms with Gasteiger partial charge in [-0.2, -0.15) is 0 Å². The molecule has 9 fully saturated rings. The van der Waals surface area contributed by atoms with E-state index >= 15 is 0 Å². The standard InChI is InChI=1S/C34H49BN4/c1-2-6-20(7-3-1)21-16-28-32-29(17-21)39-31-19-37-15-13-23(31)25-9-5-11-27(34(25)39)35(32)26-10-4-8-24-22-12-14-36-18-30(22)38(28)33(24)26/h1-3,6-7,21-34,36-37H,4-5,8-19H2. The van der Waals surface area contributed by atoms with Crippen LogP contribution in [0.4, 0.5) is 0 Å². The van der Waals surface area contributed by atoms with Gasteiger partial charge in [0.15, 0.2) is 6.71 Å². The van der Waals surface area contributed by atoms with Crippen molar-refractivity contribution in [2.75, 3.05) is 26.2 Å². The molecule has 0 amide bonds. The summed E-state index contributed by atoms with van der Waals surface area (Å²) in [4.78, 5) is 6.61. The molecule has 0 bridgehead atoms. The van der Waals surface area contributed by atoms with E-state index in [2.05, 4.69) is 50.8 Å². The minimum absolute atomic E-state index is 0.737. The van der Waals surface area contributed by atoms with Crippen LogP contribution in [0, 0.1) is 23.7 Å². The second-order valence-corrected chi connectivity index (χ2v) is 15.7. The summed E-state index contributed by atoms with van der Waals surface area (Å²) >= 11 is 0. The van der Waals surface area contributed by atoms with Crippen LogP contribution in [0.25, 0.3) is 0 Å². The van der Waals surface area contributed by atoms with E-state index in [0.717, 1.165) is 90.0 Å². The molecule has 39 heavy (non-hydrogen) atoms. The fourth-order valence-corrected chi connectivity index (χ4v) is 14.2. The summed E-state index contributed by atoms with van der Waals surface area (Å²) in [6, 6.07) is 16.9. The highest BCUT2D eigenvalue weighted by Crippen LogP contribution is 2.68. The van der Waals surface area contributed by atoms with E-state index in [-0.39, 0.29) is 0 Å². The van der Waals surface area contributed by atoms with Gasteiger partial charge in [-0.05, 0) is 104 Å². The quantitative estimate of drug-likeness (QED) is 0.514. The zero-order chi connectivity index (χ0) is 25.2. The molecule has 208 valence electrons. The van der Waals surface area contributed by atoms with Crippen LogP contribution in [-0.2, 0) is 0 Å². The molecule has 3 saturated carbocycles. The lowest BCUT2D eigenvalue weighted by Crippen LogP contribution is -2.73. The van der Waals surface area contributed by atoms with Gasteiger partial charge in [-0.15, -0.1) is 0 Å². The highest BCUT2D eigenvalue weighted by molar-refractivity contribution is 6.65. The first-order chi connectivity index (χ1) is 19.4. The molecule has 4 nitrogen and oxygen atoms in total. The van der Waals surface area contributed by atoms with Gasteiger partial charge in [-0.25, -0.2) is 0 Å². The number of hydrogen-bond acceptors (Lipinski definition) is 4. The molecule has 12 atom stereocenters. The van der Waals surface area contributed by atoms with Crippen molar-refractivity contribution in [3.63, 3.8) is 0 Å². The largest absolute Gasteiger partial charge is 0.315 e. The van der Waals surface area contributed by atoms with Crippen LogP contribution in [0.3, 0.4) is 0 Å². The fourth-order valence-electron chi connectivity index (χ4n) is 14.2. The second kappa shape index (κ2) is 8.82. The molecule has 12 unspecified atom stereocenters. The Kier molecular flexibility index (Phi) is 5.35. The maximum absolute atomic E-state index is 3.91. The summed E-state index contributed by atoms with van der Waals surface area (Å²) < 4.78 is 0. The molecule has 3 aliphatic carbocycles. The number of benzene rings is 1. The summed E-state index contributed by atoms with van der Waals surface area (Å²) in [6.07, 6.45) is 15.0. The Hall–Kier alpha value is -0.875. The first kappa shape index (κ1) is 23.7. The van der Waals surface area contributed by atoms with E-state index in [9.17, 15) is 0 Å². The molecule has 10 rings (SSSR count). The summed E-state index contributed by atoms with van der Waals surface area (Å²) in [5.41, 5.74) is 1.65. The zero-order valence-corrected chi connectivity index (χ0v) is 23.8. The minimum Gasteiger partial charge on any atom is -0.315 e. The van der Waals surface area contributed by atoms with Gasteiger partial charge in [0.25, 0.3) is 0 Å². The average Bonchev–Trinajstić information content (AvgIpc) is 3.52. The molecule has 2 N–H and O–H groups in total. The van der Waals surface area contributed by atoms with Gasteiger partial charge < -0.3 is 10.6 Å². The molecule has 9 aliphatic rings. The average molecular weight is 525 g/mol. The van der Waals surface area contributed by atoms with Crippen molar-refractivity contribution in [1.29, 1.82) is 0 Å². The molecule has 1 aromatic rings. The number of rotatable bonds is 1. The van der Waals surface area contributed by atoms with E-state index in [1.807, 2.05) is 0 Å². The number of nitrogens with zero attached hydrogens (tertiary/aromatic N) is 2. The smallest absolute Gasteiger partial charge is 0.156 e. The van der Waals surface area contributed by atoms with Crippen LogP contribution < -0.4 is 10.6 Å². The summed E-state index contributed by atoms with van der Waals surface area (Å²) in [5, 5.41) is 7.81. The van der Waals surface area contributed by atoms with Gasteiger partial charge in [0.2, 0.25) is 0 Å². The van der Waals surface area contributed by atoms with Crippen LogP contribution in [0.5, 0.6) is 0 Å². The Bertz CT molecular complexity index is 1030. The number of piperidine rings is 2. The maximum Gasteiger partial charge on any atom is 0.156 e. The minimum atomic E-state index is 0.737. The molecular formula is C34H49BN4. The van der Waals surface area contributed by atoms with Gasteiger partial charge in [0.05, 0.1) is 0 Å². The molecule has 0 radical (unpaired) electrons. The van der Waals surface area contributed by atoms with Crippen LogP contribution in [0.15, 0.2) is 30.3 Å². The SMILES string of the molecule is c1ccc(C2CC3C4B(C5CCCC6C7CCNCC7N3C56)C3CCCC5C6CCNCC6N(C4C2)C35)cc1. The zero-order valence-electron chi connectivity index (χ0n) is 23.8. The second-order valence-electron chi connectivity index (χ2n) is 15.7. The van der Waals surface area contributed by atoms with Crippen molar-refractivity contribution in [3.8, 4) is 0 Å². The Morgan fingerprint density at radius 1 is 0.615 bits per heavy atom. The van der Waals surface area contributed by atoms with Gasteiger partial charge in [-0.1, -0.05) is 56.0 Å². The molecule has 6 aliphatic heterocycles. The first-order valence-corrected chi connectivity index (χ1v) is 17.4. The predicted octanol–water partition coefficient (Wildman–Crippen LogP) is 4.86. The van der Waals surface area contributed by atoms with Gasteiger partial charge in [-0.3, -0.25) is 9.80 Å². The maximum atomic E-state index is 3.91. The number of fused-ring (bicyclic) bond motifs is 10. The van der Waals surface area contributed by atoms with Crippen molar-refractivity contribution in [2.45, 2.75) is 124 Å². The van der Waals surface area contributed by atoms with Crippen molar-refractivity contribution < 1.29 is 0 Å². The third kappa shape index (κ3) is 3.12. The van der Waals surface area contributed by atoms with Crippen molar-refractivity contribution in [2.24, 2.45) is 23.7 Å². The van der Waals surface area contributed by atoms with E-state index in [1.165, 1.54) is 77.5 Å². The lowest BCUT2D eigenvalue weighted by Gasteiger charge is -2.67. The van der Waals surface area contributed by atoms with Crippen molar-refractivity contribution in [3.05, 3.63) is 35.9 Å². The van der Waals surface area contributed by atoms with Gasteiger partial charge in [0, 0.05) is 49.3 Å². The van der Waals surface area contributed by atoms with Crippen LogP contribution in [-0.4, -0.2) is 78.9 Å². The molecule has 6 saturated heterocycles. The van der Waals surface area contributed by atoms with Gasteiger partial charge >= 0.3 is 0 Å². The van der Waals surface area contributed by atoms with E-state index in [4.69, 9.17) is 0 Å².